The largest absolute Gasteiger partial charge is 0.486 e. The van der Waals surface area contributed by atoms with Gasteiger partial charge in [-0.2, -0.15) is 5.10 Å². The van der Waals surface area contributed by atoms with Gasteiger partial charge in [-0.05, 0) is 47.0 Å². The van der Waals surface area contributed by atoms with Crippen LogP contribution in [0.15, 0.2) is 35.2 Å². The predicted octanol–water partition coefficient (Wildman–Crippen LogP) is 3.73. The molecular weight excluding hydrogens is 306 g/mol. The van der Waals surface area contributed by atoms with Gasteiger partial charge in [-0.3, -0.25) is 4.68 Å². The summed E-state index contributed by atoms with van der Waals surface area (Å²) in [5.41, 5.74) is 0.967. The van der Waals surface area contributed by atoms with Crippen molar-refractivity contribution in [3.63, 3.8) is 0 Å². The predicted molar refractivity (Wildman–Crippen MR) is 76.0 cm³/mol. The molecule has 1 aliphatic carbocycles. The van der Waals surface area contributed by atoms with Crippen molar-refractivity contribution in [2.24, 2.45) is 0 Å². The highest BCUT2D eigenvalue weighted by molar-refractivity contribution is 9.10. The van der Waals surface area contributed by atoms with Gasteiger partial charge in [0.1, 0.15) is 17.0 Å². The molecule has 1 fully saturated rings. The molecule has 0 unspecified atom stereocenters. The van der Waals surface area contributed by atoms with E-state index in [2.05, 4.69) is 36.9 Å². The Labute approximate surface area is 120 Å². The SMILES string of the molecule is Brc1ccc(OCc2ccn(C3CCCC3)n2)cn1. The van der Waals surface area contributed by atoms with Crippen molar-refractivity contribution >= 4 is 15.9 Å². The summed E-state index contributed by atoms with van der Waals surface area (Å²) in [5, 5.41) is 4.59. The van der Waals surface area contributed by atoms with Gasteiger partial charge in [-0.25, -0.2) is 4.98 Å². The minimum absolute atomic E-state index is 0.489. The summed E-state index contributed by atoms with van der Waals surface area (Å²) < 4.78 is 8.56. The summed E-state index contributed by atoms with van der Waals surface area (Å²) in [5.74, 6) is 0.763. The smallest absolute Gasteiger partial charge is 0.138 e. The Morgan fingerprint density at radius 2 is 2.11 bits per heavy atom. The molecule has 1 saturated carbocycles. The molecule has 19 heavy (non-hydrogen) atoms. The van der Waals surface area contributed by atoms with Crippen molar-refractivity contribution in [3.05, 3.63) is 40.9 Å². The summed E-state index contributed by atoms with van der Waals surface area (Å²) in [6.07, 6.45) is 8.91. The second-order valence-corrected chi connectivity index (χ2v) is 5.64. The van der Waals surface area contributed by atoms with E-state index in [4.69, 9.17) is 4.74 Å². The van der Waals surface area contributed by atoms with Crippen LogP contribution in [0.25, 0.3) is 0 Å². The van der Waals surface area contributed by atoms with Gasteiger partial charge in [0, 0.05) is 6.20 Å². The summed E-state index contributed by atoms with van der Waals surface area (Å²) in [6, 6.07) is 6.38. The first-order chi connectivity index (χ1) is 9.31. The fourth-order valence-electron chi connectivity index (χ4n) is 2.43. The van der Waals surface area contributed by atoms with Crippen LogP contribution in [0, 0.1) is 0 Å². The lowest BCUT2D eigenvalue weighted by Gasteiger charge is -2.09. The molecule has 5 heteroatoms. The van der Waals surface area contributed by atoms with Gasteiger partial charge in [0.15, 0.2) is 0 Å². The molecule has 1 aliphatic rings. The van der Waals surface area contributed by atoms with Crippen molar-refractivity contribution in [1.29, 1.82) is 0 Å². The molecular formula is C14H16BrN3O. The van der Waals surface area contributed by atoms with Gasteiger partial charge in [-0.15, -0.1) is 0 Å². The van der Waals surface area contributed by atoms with Gasteiger partial charge in [0.05, 0.1) is 17.9 Å². The van der Waals surface area contributed by atoms with Crippen molar-refractivity contribution in [3.8, 4) is 5.75 Å². The maximum Gasteiger partial charge on any atom is 0.138 e. The maximum atomic E-state index is 5.66. The first-order valence-corrected chi connectivity index (χ1v) is 7.39. The van der Waals surface area contributed by atoms with Crippen molar-refractivity contribution < 1.29 is 4.74 Å². The number of rotatable bonds is 4. The number of ether oxygens (including phenoxy) is 1. The van der Waals surface area contributed by atoms with Gasteiger partial charge in [0.25, 0.3) is 0 Å². The van der Waals surface area contributed by atoms with Crippen LogP contribution in [0.5, 0.6) is 5.75 Å². The highest BCUT2D eigenvalue weighted by Gasteiger charge is 2.17. The maximum absolute atomic E-state index is 5.66. The lowest BCUT2D eigenvalue weighted by atomic mass is 10.3. The van der Waals surface area contributed by atoms with Crippen LogP contribution in [-0.2, 0) is 6.61 Å². The van der Waals surface area contributed by atoms with E-state index in [0.29, 0.717) is 12.6 Å². The molecule has 2 aromatic heterocycles. The Hall–Kier alpha value is -1.36. The fraction of sp³-hybridized carbons (Fsp3) is 0.429. The molecule has 100 valence electrons. The zero-order valence-electron chi connectivity index (χ0n) is 10.6. The topological polar surface area (TPSA) is 39.9 Å². The Balaban J connectivity index is 1.59. The number of halogens is 1. The summed E-state index contributed by atoms with van der Waals surface area (Å²) >= 11 is 3.30. The lowest BCUT2D eigenvalue weighted by molar-refractivity contribution is 0.296. The molecule has 4 nitrogen and oxygen atoms in total. The second kappa shape index (κ2) is 5.74. The Morgan fingerprint density at radius 3 is 2.84 bits per heavy atom. The van der Waals surface area contributed by atoms with Crippen molar-refractivity contribution in [1.82, 2.24) is 14.8 Å². The second-order valence-electron chi connectivity index (χ2n) is 4.83. The van der Waals surface area contributed by atoms with E-state index in [1.54, 1.807) is 6.20 Å². The van der Waals surface area contributed by atoms with Gasteiger partial charge < -0.3 is 4.74 Å². The van der Waals surface area contributed by atoms with Crippen LogP contribution in [0.4, 0.5) is 0 Å². The van der Waals surface area contributed by atoms with Gasteiger partial charge in [-0.1, -0.05) is 12.8 Å². The molecule has 2 aromatic rings. The fourth-order valence-corrected chi connectivity index (χ4v) is 2.67. The van der Waals surface area contributed by atoms with E-state index >= 15 is 0 Å². The average Bonchev–Trinajstić information content (AvgIpc) is 3.09. The molecule has 0 bridgehead atoms. The average molecular weight is 322 g/mol. The monoisotopic (exact) mass is 321 g/mol. The van der Waals surface area contributed by atoms with Crippen molar-refractivity contribution in [2.75, 3.05) is 0 Å². The standard InChI is InChI=1S/C14H16BrN3O/c15-14-6-5-13(9-16-14)19-10-11-7-8-18(17-11)12-3-1-2-4-12/h5-9,12H,1-4,10H2. The Morgan fingerprint density at radius 1 is 1.26 bits per heavy atom. The molecule has 0 aromatic carbocycles. The molecule has 3 rings (SSSR count). The molecule has 0 saturated heterocycles. The summed E-state index contributed by atoms with van der Waals surface area (Å²) in [4.78, 5) is 4.13. The van der Waals surface area contributed by atoms with E-state index in [1.807, 2.05) is 18.2 Å². The van der Waals surface area contributed by atoms with E-state index in [1.165, 1.54) is 25.7 Å². The van der Waals surface area contributed by atoms with Crippen LogP contribution in [0.3, 0.4) is 0 Å². The van der Waals surface area contributed by atoms with Crippen LogP contribution in [-0.4, -0.2) is 14.8 Å². The number of hydrogen-bond acceptors (Lipinski definition) is 3. The molecule has 0 amide bonds. The van der Waals surface area contributed by atoms with E-state index < -0.39 is 0 Å². The quantitative estimate of drug-likeness (QED) is 0.805. The van der Waals surface area contributed by atoms with Crippen LogP contribution < -0.4 is 4.74 Å². The highest BCUT2D eigenvalue weighted by atomic mass is 79.9. The summed E-state index contributed by atoms with van der Waals surface area (Å²) in [7, 11) is 0. The van der Waals surface area contributed by atoms with Crippen LogP contribution in [0.1, 0.15) is 37.4 Å². The molecule has 2 heterocycles. The van der Waals surface area contributed by atoms with Crippen LogP contribution in [0.2, 0.25) is 0 Å². The van der Waals surface area contributed by atoms with Gasteiger partial charge in [0.2, 0.25) is 0 Å². The molecule has 0 spiro atoms. The minimum Gasteiger partial charge on any atom is -0.486 e. The Kier molecular flexibility index (Phi) is 3.82. The van der Waals surface area contributed by atoms with Crippen LogP contribution >= 0.6 is 15.9 Å². The van der Waals surface area contributed by atoms with E-state index in [0.717, 1.165) is 16.0 Å². The summed E-state index contributed by atoms with van der Waals surface area (Å²) in [6.45, 7) is 0.489. The third kappa shape index (κ3) is 3.15. The van der Waals surface area contributed by atoms with Gasteiger partial charge >= 0.3 is 0 Å². The zero-order chi connectivity index (χ0) is 13.1. The normalized spacial score (nSPS) is 15.8. The Bertz CT molecular complexity index is 532. The van der Waals surface area contributed by atoms with Crippen molar-refractivity contribution in [2.45, 2.75) is 38.3 Å². The first kappa shape index (κ1) is 12.7. The number of aromatic nitrogens is 3. The zero-order valence-corrected chi connectivity index (χ0v) is 12.2. The third-order valence-corrected chi connectivity index (χ3v) is 3.92. The number of nitrogens with zero attached hydrogens (tertiary/aromatic N) is 3. The molecule has 0 atom stereocenters. The number of hydrogen-bond donors (Lipinski definition) is 0. The number of pyridine rings is 1. The highest BCUT2D eigenvalue weighted by Crippen LogP contribution is 2.28. The van der Waals surface area contributed by atoms with E-state index in [-0.39, 0.29) is 0 Å². The first-order valence-electron chi connectivity index (χ1n) is 6.60. The minimum atomic E-state index is 0.489. The van der Waals surface area contributed by atoms with E-state index in [9.17, 15) is 0 Å². The molecule has 0 N–H and O–H groups in total. The molecule has 0 aliphatic heterocycles. The lowest BCUT2D eigenvalue weighted by Crippen LogP contribution is -2.06. The third-order valence-electron chi connectivity index (χ3n) is 3.45. The molecule has 0 radical (unpaired) electrons.